The van der Waals surface area contributed by atoms with Gasteiger partial charge in [0.2, 0.25) is 11.8 Å². The number of benzene rings is 1. The van der Waals surface area contributed by atoms with Gasteiger partial charge in [0.1, 0.15) is 0 Å². The molecule has 0 aromatic heterocycles. The van der Waals surface area contributed by atoms with Crippen LogP contribution in [0.4, 0.5) is 5.69 Å². The number of carbonyl (C=O) groups is 2. The van der Waals surface area contributed by atoms with Crippen molar-refractivity contribution in [2.45, 2.75) is 19.3 Å². The lowest BCUT2D eigenvalue weighted by Gasteiger charge is -2.31. The fourth-order valence-corrected chi connectivity index (χ4v) is 2.85. The van der Waals surface area contributed by atoms with Gasteiger partial charge in [0.15, 0.2) is 0 Å². The normalized spacial score (nSPS) is 15.1. The summed E-state index contributed by atoms with van der Waals surface area (Å²) in [5.41, 5.74) is 6.18. The predicted octanol–water partition coefficient (Wildman–Crippen LogP) is 2.40. The highest BCUT2D eigenvalue weighted by molar-refractivity contribution is 9.10. The number of anilines is 1. The van der Waals surface area contributed by atoms with Crippen molar-refractivity contribution in [2.24, 2.45) is 11.7 Å². The Balaban J connectivity index is 0.00000242. The Kier molecular flexibility index (Phi) is 7.85. The maximum absolute atomic E-state index is 12.3. The molecular formula is C15H21BrClN3O2. The van der Waals surface area contributed by atoms with Crippen LogP contribution < -0.4 is 11.1 Å². The lowest BCUT2D eigenvalue weighted by molar-refractivity contribution is -0.134. The Morgan fingerprint density at radius 2 is 1.91 bits per heavy atom. The van der Waals surface area contributed by atoms with Crippen LogP contribution in [-0.2, 0) is 9.59 Å². The zero-order valence-corrected chi connectivity index (χ0v) is 14.7. The molecule has 1 fully saturated rings. The van der Waals surface area contributed by atoms with Gasteiger partial charge in [-0.3, -0.25) is 9.59 Å². The molecule has 122 valence electrons. The van der Waals surface area contributed by atoms with E-state index in [0.29, 0.717) is 38.9 Å². The van der Waals surface area contributed by atoms with Crippen LogP contribution in [0.2, 0.25) is 0 Å². The molecule has 1 aromatic carbocycles. The first-order chi connectivity index (χ1) is 10.1. The maximum atomic E-state index is 12.3. The van der Waals surface area contributed by atoms with Crippen LogP contribution in [0.15, 0.2) is 28.7 Å². The summed E-state index contributed by atoms with van der Waals surface area (Å²) in [6, 6.07) is 7.54. The molecule has 1 aromatic rings. The fraction of sp³-hybridized carbons (Fsp3) is 0.467. The van der Waals surface area contributed by atoms with Gasteiger partial charge in [-0.2, -0.15) is 0 Å². The second-order valence-electron chi connectivity index (χ2n) is 5.16. The molecule has 7 heteroatoms. The number of para-hydroxylation sites is 1. The quantitative estimate of drug-likeness (QED) is 0.829. The summed E-state index contributed by atoms with van der Waals surface area (Å²) in [4.78, 5) is 25.8. The van der Waals surface area contributed by atoms with E-state index in [1.807, 2.05) is 24.3 Å². The van der Waals surface area contributed by atoms with Crippen molar-refractivity contribution in [1.29, 1.82) is 0 Å². The van der Waals surface area contributed by atoms with Gasteiger partial charge in [-0.05, 0) is 40.9 Å². The first kappa shape index (κ1) is 18.9. The number of carbonyl (C=O) groups excluding carboxylic acids is 2. The molecule has 0 spiro atoms. The third kappa shape index (κ3) is 4.97. The molecule has 22 heavy (non-hydrogen) atoms. The number of rotatable bonds is 4. The number of nitrogens with two attached hydrogens (primary N) is 1. The van der Waals surface area contributed by atoms with Gasteiger partial charge < -0.3 is 16.0 Å². The predicted molar refractivity (Wildman–Crippen MR) is 93.0 cm³/mol. The highest BCUT2D eigenvalue weighted by atomic mass is 79.9. The van der Waals surface area contributed by atoms with Gasteiger partial charge in [0.05, 0.1) is 5.69 Å². The number of amides is 2. The van der Waals surface area contributed by atoms with Crippen LogP contribution in [0.25, 0.3) is 0 Å². The molecular weight excluding hydrogens is 370 g/mol. The topological polar surface area (TPSA) is 75.4 Å². The minimum absolute atomic E-state index is 0. The number of hydrogen-bond donors (Lipinski definition) is 2. The molecule has 1 aliphatic heterocycles. The third-order valence-electron chi connectivity index (χ3n) is 3.71. The van der Waals surface area contributed by atoms with E-state index < -0.39 is 0 Å². The zero-order valence-electron chi connectivity index (χ0n) is 12.3. The minimum atomic E-state index is -0.0426. The first-order valence-electron chi connectivity index (χ1n) is 7.15. The standard InChI is InChI=1S/C15H20BrN3O2.ClH/c16-12-3-1-2-4-13(12)18-15(21)11-6-9-19(10-7-11)14(20)5-8-17;/h1-4,11H,5-10,17H2,(H,18,21);1H. The smallest absolute Gasteiger partial charge is 0.227 e. The van der Waals surface area contributed by atoms with Crippen molar-refractivity contribution in [1.82, 2.24) is 4.90 Å². The van der Waals surface area contributed by atoms with E-state index >= 15 is 0 Å². The van der Waals surface area contributed by atoms with Crippen LogP contribution in [0.3, 0.4) is 0 Å². The fourth-order valence-electron chi connectivity index (χ4n) is 2.47. The molecule has 0 atom stereocenters. The Bertz CT molecular complexity index is 519. The van der Waals surface area contributed by atoms with Crippen molar-refractivity contribution in [3.63, 3.8) is 0 Å². The molecule has 0 saturated carbocycles. The van der Waals surface area contributed by atoms with E-state index in [1.54, 1.807) is 4.90 Å². The molecule has 0 bridgehead atoms. The molecule has 3 N–H and O–H groups in total. The van der Waals surface area contributed by atoms with Crippen LogP contribution in [0.1, 0.15) is 19.3 Å². The third-order valence-corrected chi connectivity index (χ3v) is 4.40. The van der Waals surface area contributed by atoms with Gasteiger partial charge in [-0.1, -0.05) is 12.1 Å². The second kappa shape index (κ2) is 9.12. The Labute approximate surface area is 145 Å². The lowest BCUT2D eigenvalue weighted by atomic mass is 9.95. The van der Waals surface area contributed by atoms with Crippen molar-refractivity contribution < 1.29 is 9.59 Å². The minimum Gasteiger partial charge on any atom is -0.343 e. The summed E-state index contributed by atoms with van der Waals surface area (Å²) >= 11 is 3.42. The van der Waals surface area contributed by atoms with Gasteiger partial charge in [0.25, 0.3) is 0 Å². The zero-order chi connectivity index (χ0) is 15.2. The number of likely N-dealkylation sites (tertiary alicyclic amines) is 1. The molecule has 2 rings (SSSR count). The maximum Gasteiger partial charge on any atom is 0.227 e. The highest BCUT2D eigenvalue weighted by Gasteiger charge is 2.27. The molecule has 1 heterocycles. The average molecular weight is 391 g/mol. The lowest BCUT2D eigenvalue weighted by Crippen LogP contribution is -2.42. The van der Waals surface area contributed by atoms with Crippen molar-refractivity contribution in [3.8, 4) is 0 Å². The van der Waals surface area contributed by atoms with E-state index in [-0.39, 0.29) is 30.1 Å². The Hall–Kier alpha value is -1.11. The van der Waals surface area contributed by atoms with Crippen molar-refractivity contribution >= 4 is 45.8 Å². The van der Waals surface area contributed by atoms with Gasteiger partial charge in [-0.15, -0.1) is 12.4 Å². The monoisotopic (exact) mass is 389 g/mol. The number of hydrogen-bond acceptors (Lipinski definition) is 3. The first-order valence-corrected chi connectivity index (χ1v) is 7.94. The van der Waals surface area contributed by atoms with Crippen molar-refractivity contribution in [2.75, 3.05) is 25.0 Å². The van der Waals surface area contributed by atoms with Crippen LogP contribution >= 0.6 is 28.3 Å². The van der Waals surface area contributed by atoms with Crippen LogP contribution in [0, 0.1) is 5.92 Å². The number of halogens is 2. The number of piperidine rings is 1. The summed E-state index contributed by atoms with van der Waals surface area (Å²) < 4.78 is 0.869. The van der Waals surface area contributed by atoms with Gasteiger partial charge in [0, 0.05) is 36.4 Å². The SMILES string of the molecule is Cl.NCCC(=O)N1CCC(C(=O)Nc2ccccc2Br)CC1. The number of nitrogens with one attached hydrogen (secondary N) is 1. The molecule has 0 unspecified atom stereocenters. The summed E-state index contributed by atoms with van der Waals surface area (Å²) in [5, 5.41) is 2.94. The summed E-state index contributed by atoms with van der Waals surface area (Å²) in [5.74, 6) is 0.0639. The molecule has 1 saturated heterocycles. The Morgan fingerprint density at radius 1 is 1.27 bits per heavy atom. The molecule has 2 amide bonds. The highest BCUT2D eigenvalue weighted by Crippen LogP contribution is 2.24. The number of nitrogens with zero attached hydrogens (tertiary/aromatic N) is 1. The molecule has 0 radical (unpaired) electrons. The van der Waals surface area contributed by atoms with Crippen LogP contribution in [-0.4, -0.2) is 36.3 Å². The van der Waals surface area contributed by atoms with Gasteiger partial charge >= 0.3 is 0 Å². The van der Waals surface area contributed by atoms with E-state index in [9.17, 15) is 9.59 Å². The Morgan fingerprint density at radius 3 is 2.50 bits per heavy atom. The average Bonchev–Trinajstić information content (AvgIpc) is 2.50. The summed E-state index contributed by atoms with van der Waals surface area (Å²) in [7, 11) is 0. The largest absolute Gasteiger partial charge is 0.343 e. The molecule has 5 nitrogen and oxygen atoms in total. The van der Waals surface area contributed by atoms with E-state index in [0.717, 1.165) is 10.2 Å². The second-order valence-corrected chi connectivity index (χ2v) is 6.02. The van der Waals surface area contributed by atoms with E-state index in [1.165, 1.54) is 0 Å². The molecule has 1 aliphatic rings. The van der Waals surface area contributed by atoms with Crippen LogP contribution in [0.5, 0.6) is 0 Å². The van der Waals surface area contributed by atoms with Crippen molar-refractivity contribution in [3.05, 3.63) is 28.7 Å². The summed E-state index contributed by atoms with van der Waals surface area (Å²) in [6.45, 7) is 1.64. The van der Waals surface area contributed by atoms with Gasteiger partial charge in [-0.25, -0.2) is 0 Å². The molecule has 0 aliphatic carbocycles. The summed E-state index contributed by atoms with van der Waals surface area (Å²) in [6.07, 6.45) is 1.78. The van der Waals surface area contributed by atoms with E-state index in [4.69, 9.17) is 5.73 Å². The van der Waals surface area contributed by atoms with E-state index in [2.05, 4.69) is 21.2 Å².